The number of fused-ring (bicyclic) bond motifs is 2. The first-order chi connectivity index (χ1) is 18.5. The van der Waals surface area contributed by atoms with E-state index in [0.717, 1.165) is 26.9 Å². The van der Waals surface area contributed by atoms with Crippen LogP contribution in [0.15, 0.2) is 93.3 Å². The summed E-state index contributed by atoms with van der Waals surface area (Å²) in [4.78, 5) is 32.7. The van der Waals surface area contributed by atoms with Gasteiger partial charge in [-0.05, 0) is 42.1 Å². The summed E-state index contributed by atoms with van der Waals surface area (Å²) in [6.45, 7) is 2.39. The number of allylic oxidation sites excluding steroid dienone is 1. The minimum absolute atomic E-state index is 0.191. The van der Waals surface area contributed by atoms with Gasteiger partial charge in [-0.3, -0.25) is 9.36 Å². The smallest absolute Gasteiger partial charge is 0.338 e. The van der Waals surface area contributed by atoms with Gasteiger partial charge in [-0.1, -0.05) is 65.4 Å². The van der Waals surface area contributed by atoms with Crippen LogP contribution in [0.25, 0.3) is 17.0 Å². The van der Waals surface area contributed by atoms with Crippen molar-refractivity contribution in [3.05, 3.63) is 124 Å². The van der Waals surface area contributed by atoms with Crippen LogP contribution < -0.4 is 14.9 Å². The molecule has 0 radical (unpaired) electrons. The van der Waals surface area contributed by atoms with Crippen LogP contribution in [0.2, 0.25) is 5.02 Å². The third kappa shape index (κ3) is 4.15. The zero-order valence-corrected chi connectivity index (χ0v) is 22.9. The van der Waals surface area contributed by atoms with Crippen molar-refractivity contribution in [2.45, 2.75) is 19.5 Å². The fourth-order valence-electron chi connectivity index (χ4n) is 4.88. The molecule has 38 heavy (non-hydrogen) atoms. The predicted octanol–water partition coefficient (Wildman–Crippen LogP) is 5.13. The van der Waals surface area contributed by atoms with E-state index in [9.17, 15) is 9.59 Å². The second kappa shape index (κ2) is 9.87. The third-order valence-corrected chi connectivity index (χ3v) is 8.92. The first-order valence-electron chi connectivity index (χ1n) is 11.9. The van der Waals surface area contributed by atoms with Crippen molar-refractivity contribution in [2.75, 3.05) is 7.11 Å². The summed E-state index contributed by atoms with van der Waals surface area (Å²) in [5.74, 6) is -0.485. The number of para-hydroxylation sites is 1. The maximum atomic E-state index is 13.9. The van der Waals surface area contributed by atoms with Crippen molar-refractivity contribution in [1.29, 1.82) is 0 Å². The van der Waals surface area contributed by atoms with Crippen molar-refractivity contribution < 1.29 is 9.53 Å². The number of hydrogen-bond acceptors (Lipinski definition) is 6. The lowest BCUT2D eigenvalue weighted by Crippen LogP contribution is -2.39. The Balaban J connectivity index is 1.52. The molecule has 9 heteroatoms. The van der Waals surface area contributed by atoms with Gasteiger partial charge < -0.3 is 9.30 Å². The molecule has 5 aromatic rings. The van der Waals surface area contributed by atoms with Gasteiger partial charge in [0.2, 0.25) is 0 Å². The topological polar surface area (TPSA) is 65.6 Å². The lowest BCUT2D eigenvalue weighted by molar-refractivity contribution is -0.136. The highest BCUT2D eigenvalue weighted by atomic mass is 35.5. The van der Waals surface area contributed by atoms with E-state index < -0.39 is 12.0 Å². The van der Waals surface area contributed by atoms with E-state index in [1.165, 1.54) is 29.8 Å². The van der Waals surface area contributed by atoms with Crippen molar-refractivity contribution >= 4 is 57.2 Å². The average Bonchev–Trinajstić information content (AvgIpc) is 3.64. The fourth-order valence-corrected chi connectivity index (χ4v) is 6.94. The summed E-state index contributed by atoms with van der Waals surface area (Å²) in [5.41, 5.74) is 3.73. The average molecular weight is 560 g/mol. The van der Waals surface area contributed by atoms with Crippen molar-refractivity contribution in [3.8, 4) is 0 Å². The molecule has 0 fully saturated rings. The number of methoxy groups -OCH3 is 1. The van der Waals surface area contributed by atoms with E-state index in [0.29, 0.717) is 32.2 Å². The first-order valence-corrected chi connectivity index (χ1v) is 14.0. The molecule has 0 saturated heterocycles. The second-order valence-electron chi connectivity index (χ2n) is 8.91. The Kier molecular flexibility index (Phi) is 6.39. The highest BCUT2D eigenvalue weighted by molar-refractivity contribution is 7.10. The summed E-state index contributed by atoms with van der Waals surface area (Å²) in [7, 11) is 1.34. The Morgan fingerprint density at radius 1 is 1.13 bits per heavy atom. The van der Waals surface area contributed by atoms with Gasteiger partial charge in [0.05, 0.1) is 22.9 Å². The molecule has 0 bridgehead atoms. The molecule has 0 saturated carbocycles. The van der Waals surface area contributed by atoms with Crippen LogP contribution in [0.5, 0.6) is 0 Å². The van der Waals surface area contributed by atoms with Crippen LogP contribution in [-0.2, 0) is 16.1 Å². The van der Waals surface area contributed by atoms with Crippen molar-refractivity contribution in [2.24, 2.45) is 4.99 Å². The number of thiophene rings is 1. The molecule has 0 spiro atoms. The number of carbonyl (C=O) groups excluding carboxylic acids is 1. The number of thiazole rings is 1. The van der Waals surface area contributed by atoms with Gasteiger partial charge in [-0.25, -0.2) is 9.79 Å². The molecule has 0 aliphatic carbocycles. The molecule has 1 aliphatic rings. The maximum absolute atomic E-state index is 13.9. The molecule has 1 aliphatic heterocycles. The van der Waals surface area contributed by atoms with E-state index in [-0.39, 0.29) is 5.56 Å². The SMILES string of the molecule is COC(=O)C1=C(C)N=c2sc(=Cc3cn(Cc4ccccc4Cl)c4ccccc34)c(=O)n2C1c1cccs1. The first kappa shape index (κ1) is 24.6. The van der Waals surface area contributed by atoms with Gasteiger partial charge in [0.1, 0.15) is 6.04 Å². The number of halogens is 1. The molecule has 6 rings (SSSR count). The number of hydrogen-bond donors (Lipinski definition) is 0. The number of rotatable bonds is 5. The Hall–Kier alpha value is -3.72. The van der Waals surface area contributed by atoms with Crippen molar-refractivity contribution in [1.82, 2.24) is 9.13 Å². The normalized spacial score (nSPS) is 15.6. The number of carbonyl (C=O) groups is 1. The Bertz CT molecular complexity index is 1910. The second-order valence-corrected chi connectivity index (χ2v) is 11.3. The van der Waals surface area contributed by atoms with E-state index in [4.69, 9.17) is 16.3 Å². The standard InChI is InChI=1S/C29H22ClN3O3S2/c1-17-25(28(35)36-2)26(23-12-7-13-37-23)33-27(34)24(38-29(33)31-17)14-19-16-32(22-11-6-4-9-20(19)22)15-18-8-3-5-10-21(18)30/h3-14,16,26H,15H2,1-2H3. The van der Waals surface area contributed by atoms with Crippen LogP contribution in [0.3, 0.4) is 0 Å². The van der Waals surface area contributed by atoms with Gasteiger partial charge in [-0.15, -0.1) is 11.3 Å². The maximum Gasteiger partial charge on any atom is 0.338 e. The fraction of sp³-hybridized carbons (Fsp3) is 0.138. The predicted molar refractivity (Wildman–Crippen MR) is 153 cm³/mol. The zero-order chi connectivity index (χ0) is 26.4. The summed E-state index contributed by atoms with van der Waals surface area (Å²) in [6.07, 6.45) is 3.96. The van der Waals surface area contributed by atoms with Crippen LogP contribution in [0.4, 0.5) is 0 Å². The molecule has 1 unspecified atom stereocenters. The molecule has 1 atom stereocenters. The highest BCUT2D eigenvalue weighted by Crippen LogP contribution is 2.33. The van der Waals surface area contributed by atoms with Gasteiger partial charge in [0.15, 0.2) is 4.80 Å². The molecule has 2 aromatic carbocycles. The highest BCUT2D eigenvalue weighted by Gasteiger charge is 2.33. The summed E-state index contributed by atoms with van der Waals surface area (Å²) < 4.78 is 9.38. The number of aromatic nitrogens is 2. The van der Waals surface area contributed by atoms with Crippen LogP contribution >= 0.6 is 34.3 Å². The summed E-state index contributed by atoms with van der Waals surface area (Å²) in [5, 5.41) is 3.68. The number of ether oxygens (including phenoxy) is 1. The Morgan fingerprint density at radius 2 is 1.92 bits per heavy atom. The molecule has 0 N–H and O–H groups in total. The monoisotopic (exact) mass is 559 g/mol. The van der Waals surface area contributed by atoms with Crippen LogP contribution in [0.1, 0.15) is 29.0 Å². The van der Waals surface area contributed by atoms with Crippen molar-refractivity contribution in [3.63, 3.8) is 0 Å². The zero-order valence-electron chi connectivity index (χ0n) is 20.6. The lowest BCUT2D eigenvalue weighted by Gasteiger charge is -2.22. The Labute approximate surface area is 231 Å². The van der Waals surface area contributed by atoms with Gasteiger partial charge >= 0.3 is 5.97 Å². The van der Waals surface area contributed by atoms with Gasteiger partial charge in [0, 0.05) is 39.1 Å². The van der Waals surface area contributed by atoms with E-state index in [1.807, 2.05) is 66.2 Å². The van der Waals surface area contributed by atoms with Crippen LogP contribution in [0, 0.1) is 0 Å². The minimum Gasteiger partial charge on any atom is -0.466 e. The largest absolute Gasteiger partial charge is 0.466 e. The lowest BCUT2D eigenvalue weighted by atomic mass is 10.0. The molecular weight excluding hydrogens is 538 g/mol. The molecule has 0 amide bonds. The Morgan fingerprint density at radius 3 is 2.68 bits per heavy atom. The van der Waals surface area contributed by atoms with Gasteiger partial charge in [0.25, 0.3) is 5.56 Å². The number of nitrogens with zero attached hydrogens (tertiary/aromatic N) is 3. The quantitative estimate of drug-likeness (QED) is 0.281. The molecule has 190 valence electrons. The number of esters is 1. The molecule has 4 heterocycles. The van der Waals surface area contributed by atoms with E-state index in [1.54, 1.807) is 11.5 Å². The summed E-state index contributed by atoms with van der Waals surface area (Å²) in [6, 6.07) is 19.2. The van der Waals surface area contributed by atoms with Gasteiger partial charge in [-0.2, -0.15) is 0 Å². The molecule has 6 nitrogen and oxygen atoms in total. The molecule has 3 aromatic heterocycles. The van der Waals surface area contributed by atoms with E-state index >= 15 is 0 Å². The minimum atomic E-state index is -0.581. The summed E-state index contributed by atoms with van der Waals surface area (Å²) >= 11 is 9.26. The molecular formula is C29H22ClN3O3S2. The third-order valence-electron chi connectivity index (χ3n) is 6.64. The number of benzene rings is 2. The van der Waals surface area contributed by atoms with E-state index in [2.05, 4.69) is 21.7 Å². The van der Waals surface area contributed by atoms with Crippen LogP contribution in [-0.4, -0.2) is 22.2 Å².